The van der Waals surface area contributed by atoms with Crippen LogP contribution in [0, 0.1) is 10.7 Å². The van der Waals surface area contributed by atoms with Gasteiger partial charge in [-0.25, -0.2) is 0 Å². The van der Waals surface area contributed by atoms with Crippen molar-refractivity contribution in [2.24, 2.45) is 0 Å². The first kappa shape index (κ1) is 15.2. The van der Waals surface area contributed by atoms with E-state index in [-0.39, 0.29) is 12.1 Å². The highest BCUT2D eigenvalue weighted by atomic mass is 32.2. The second kappa shape index (κ2) is 6.48. The third-order valence-corrected chi connectivity index (χ3v) is 3.63. The topological polar surface area (TPSA) is 36.3 Å². The molecule has 7 heteroatoms. The molecule has 0 unspecified atom stereocenters. The molecule has 0 saturated carbocycles. The predicted molar refractivity (Wildman–Crippen MR) is 69.0 cm³/mol. The fraction of sp³-hybridized carbons (Fsp3) is 0.462. The number of morpholine rings is 1. The fourth-order valence-electron chi connectivity index (χ4n) is 2.07. The molecule has 0 aliphatic carbocycles. The molecule has 0 radical (unpaired) electrons. The van der Waals surface area contributed by atoms with Crippen molar-refractivity contribution in [1.29, 1.82) is 5.26 Å². The summed E-state index contributed by atoms with van der Waals surface area (Å²) in [6.45, 7) is 2.60. The van der Waals surface area contributed by atoms with Gasteiger partial charge < -0.3 is 4.74 Å². The molecule has 1 saturated heterocycles. The molecular weight excluding hydrogens is 289 g/mol. The predicted octanol–water partition coefficient (Wildman–Crippen LogP) is 3.11. The van der Waals surface area contributed by atoms with Crippen LogP contribution >= 0.6 is 11.8 Å². The maximum Gasteiger partial charge on any atom is 0.416 e. The van der Waals surface area contributed by atoms with Crippen molar-refractivity contribution >= 4 is 11.8 Å². The summed E-state index contributed by atoms with van der Waals surface area (Å²) in [4.78, 5) is 2.25. The molecule has 0 atom stereocenters. The zero-order chi connectivity index (χ0) is 14.6. The van der Waals surface area contributed by atoms with Crippen molar-refractivity contribution in [2.75, 3.05) is 26.3 Å². The smallest absolute Gasteiger partial charge is 0.379 e. The molecule has 108 valence electrons. The number of ether oxygens (including phenoxy) is 1. The highest BCUT2D eigenvalue weighted by Crippen LogP contribution is 2.35. The molecule has 20 heavy (non-hydrogen) atoms. The number of nitrogens with zero attached hydrogens (tertiary/aromatic N) is 2. The first-order chi connectivity index (χ1) is 9.50. The van der Waals surface area contributed by atoms with E-state index < -0.39 is 11.7 Å². The summed E-state index contributed by atoms with van der Waals surface area (Å²) in [5.41, 5.74) is -0.425. The van der Waals surface area contributed by atoms with E-state index in [0.29, 0.717) is 31.2 Å². The normalized spacial score (nSPS) is 16.9. The molecule has 1 fully saturated rings. The van der Waals surface area contributed by atoms with Gasteiger partial charge in [-0.15, -0.1) is 0 Å². The first-order valence-corrected chi connectivity index (χ1v) is 6.88. The lowest BCUT2D eigenvalue weighted by molar-refractivity contribution is -0.138. The number of nitriles is 1. The van der Waals surface area contributed by atoms with E-state index in [4.69, 9.17) is 10.00 Å². The lowest BCUT2D eigenvalue weighted by Crippen LogP contribution is -2.36. The Morgan fingerprint density at radius 3 is 2.60 bits per heavy atom. The average molecular weight is 302 g/mol. The summed E-state index contributed by atoms with van der Waals surface area (Å²) in [6.07, 6.45) is -4.41. The molecule has 0 N–H and O–H groups in total. The Labute approximate surface area is 119 Å². The molecule has 2 rings (SSSR count). The van der Waals surface area contributed by atoms with E-state index in [9.17, 15) is 13.2 Å². The average Bonchev–Trinajstić information content (AvgIpc) is 2.41. The Bertz CT molecular complexity index is 507. The van der Waals surface area contributed by atoms with Crippen molar-refractivity contribution in [3.63, 3.8) is 0 Å². The number of benzene rings is 1. The summed E-state index contributed by atoms with van der Waals surface area (Å²) in [7, 11) is 0. The highest BCUT2D eigenvalue weighted by molar-refractivity contribution is 8.03. The van der Waals surface area contributed by atoms with Crippen LogP contribution in [-0.4, -0.2) is 31.2 Å². The molecule has 0 bridgehead atoms. The van der Waals surface area contributed by atoms with Crippen LogP contribution in [0.1, 0.15) is 11.1 Å². The van der Waals surface area contributed by atoms with Crippen molar-refractivity contribution in [3.8, 4) is 5.40 Å². The Morgan fingerprint density at radius 2 is 2.00 bits per heavy atom. The van der Waals surface area contributed by atoms with Gasteiger partial charge in [-0.3, -0.25) is 4.90 Å². The van der Waals surface area contributed by atoms with Gasteiger partial charge in [0.25, 0.3) is 0 Å². The number of hydrogen-bond donors (Lipinski definition) is 0. The van der Waals surface area contributed by atoms with Crippen LogP contribution in [0.4, 0.5) is 13.2 Å². The highest BCUT2D eigenvalue weighted by Gasteiger charge is 2.34. The maximum absolute atomic E-state index is 13.1. The van der Waals surface area contributed by atoms with Gasteiger partial charge in [0.15, 0.2) is 0 Å². The number of thioether (sulfide) groups is 1. The van der Waals surface area contributed by atoms with Crippen LogP contribution < -0.4 is 0 Å². The summed E-state index contributed by atoms with van der Waals surface area (Å²) in [5.74, 6) is 0. The minimum atomic E-state index is -4.41. The standard InChI is InChI=1S/C13H13F3N2OS/c14-13(15,16)12-7-11(20-9-17)2-1-10(12)8-18-3-5-19-6-4-18/h1-2,7H,3-6,8H2. The van der Waals surface area contributed by atoms with Gasteiger partial charge in [0, 0.05) is 24.5 Å². The van der Waals surface area contributed by atoms with E-state index >= 15 is 0 Å². The number of rotatable bonds is 3. The van der Waals surface area contributed by atoms with Crippen LogP contribution in [-0.2, 0) is 17.5 Å². The Kier molecular flexibility index (Phi) is 4.91. The third-order valence-electron chi connectivity index (χ3n) is 3.05. The Hall–Kier alpha value is -1.23. The molecule has 1 aromatic rings. The number of thiocyanates is 1. The zero-order valence-corrected chi connectivity index (χ0v) is 11.4. The molecule has 0 spiro atoms. The van der Waals surface area contributed by atoms with Gasteiger partial charge >= 0.3 is 6.18 Å². The van der Waals surface area contributed by atoms with E-state index in [1.165, 1.54) is 6.07 Å². The van der Waals surface area contributed by atoms with Crippen LogP contribution in [0.5, 0.6) is 0 Å². The maximum atomic E-state index is 13.1. The van der Waals surface area contributed by atoms with E-state index in [2.05, 4.69) is 0 Å². The Morgan fingerprint density at radius 1 is 1.30 bits per heavy atom. The molecule has 1 heterocycles. The van der Waals surface area contributed by atoms with Crippen LogP contribution in [0.2, 0.25) is 0 Å². The molecule has 1 aliphatic heterocycles. The first-order valence-electron chi connectivity index (χ1n) is 6.07. The lowest BCUT2D eigenvalue weighted by Gasteiger charge is -2.27. The molecule has 1 aromatic carbocycles. The number of hydrogen-bond acceptors (Lipinski definition) is 4. The van der Waals surface area contributed by atoms with E-state index in [1.807, 2.05) is 4.90 Å². The summed E-state index contributed by atoms with van der Waals surface area (Å²) in [6, 6.07) is 4.06. The van der Waals surface area contributed by atoms with Gasteiger partial charge in [0.2, 0.25) is 0 Å². The van der Waals surface area contributed by atoms with Crippen molar-refractivity contribution in [2.45, 2.75) is 17.6 Å². The molecule has 3 nitrogen and oxygen atoms in total. The summed E-state index contributed by atoms with van der Waals surface area (Å²) in [5, 5.41) is 10.3. The molecule has 1 aliphatic rings. The number of halogens is 3. The van der Waals surface area contributed by atoms with Gasteiger partial charge in [-0.1, -0.05) is 6.07 Å². The zero-order valence-electron chi connectivity index (χ0n) is 10.6. The lowest BCUT2D eigenvalue weighted by atomic mass is 10.1. The molecule has 0 aromatic heterocycles. The molecule has 0 amide bonds. The van der Waals surface area contributed by atoms with Crippen LogP contribution in [0.15, 0.2) is 23.1 Å². The van der Waals surface area contributed by atoms with E-state index in [1.54, 1.807) is 11.5 Å². The van der Waals surface area contributed by atoms with Gasteiger partial charge in [0.05, 0.1) is 18.8 Å². The van der Waals surface area contributed by atoms with Crippen molar-refractivity contribution < 1.29 is 17.9 Å². The third kappa shape index (κ3) is 3.88. The largest absolute Gasteiger partial charge is 0.416 e. The van der Waals surface area contributed by atoms with Crippen LogP contribution in [0.3, 0.4) is 0 Å². The van der Waals surface area contributed by atoms with Crippen molar-refractivity contribution in [3.05, 3.63) is 29.3 Å². The van der Waals surface area contributed by atoms with Crippen LogP contribution in [0.25, 0.3) is 0 Å². The number of alkyl halides is 3. The quantitative estimate of drug-likeness (QED) is 0.635. The molecular formula is C13H13F3N2OS. The summed E-state index contributed by atoms with van der Waals surface area (Å²) >= 11 is 0.732. The fourth-order valence-corrected chi connectivity index (χ4v) is 2.49. The minimum absolute atomic E-state index is 0.238. The van der Waals surface area contributed by atoms with Crippen molar-refractivity contribution in [1.82, 2.24) is 4.90 Å². The van der Waals surface area contributed by atoms with Gasteiger partial charge in [-0.2, -0.15) is 18.4 Å². The second-order valence-corrected chi connectivity index (χ2v) is 5.26. The van der Waals surface area contributed by atoms with Gasteiger partial charge in [0.1, 0.15) is 5.40 Å². The second-order valence-electron chi connectivity index (χ2n) is 4.40. The summed E-state index contributed by atoms with van der Waals surface area (Å²) < 4.78 is 44.4. The van der Waals surface area contributed by atoms with Gasteiger partial charge in [-0.05, 0) is 29.5 Å². The monoisotopic (exact) mass is 302 g/mol. The Balaban J connectivity index is 2.24. The SMILES string of the molecule is N#CSc1ccc(CN2CCOCC2)c(C(F)(F)F)c1. The minimum Gasteiger partial charge on any atom is -0.379 e. The van der Waals surface area contributed by atoms with E-state index in [0.717, 1.165) is 17.8 Å².